The number of hydrogen-bond donors (Lipinski definition) is 0. The molecule has 0 radical (unpaired) electrons. The zero-order chi connectivity index (χ0) is 20.6. The van der Waals surface area contributed by atoms with Crippen LogP contribution in [-0.2, 0) is 4.74 Å². The van der Waals surface area contributed by atoms with Gasteiger partial charge in [-0.2, -0.15) is 0 Å². The molecule has 1 fully saturated rings. The lowest BCUT2D eigenvalue weighted by atomic mass is 9.92. The minimum Gasteiger partial charge on any atom is -0.444 e. The lowest BCUT2D eigenvalue weighted by Gasteiger charge is -2.37. The van der Waals surface area contributed by atoms with Gasteiger partial charge in [0.15, 0.2) is 0 Å². The van der Waals surface area contributed by atoms with Crippen LogP contribution in [0.1, 0.15) is 60.3 Å². The number of alkyl halides is 2. The van der Waals surface area contributed by atoms with E-state index in [9.17, 15) is 13.6 Å². The third-order valence-electron chi connectivity index (χ3n) is 4.70. The van der Waals surface area contributed by atoms with Gasteiger partial charge in [-0.05, 0) is 39.2 Å². The third-order valence-corrected chi connectivity index (χ3v) is 4.70. The average molecular weight is 387 g/mol. The van der Waals surface area contributed by atoms with Crippen LogP contribution < -0.4 is 0 Å². The molecule has 1 heterocycles. The maximum absolute atomic E-state index is 13.0. The van der Waals surface area contributed by atoms with Crippen molar-refractivity contribution in [2.45, 2.75) is 72.3 Å². The highest BCUT2D eigenvalue weighted by atomic mass is 19.3. The molecule has 0 aliphatic carbocycles. The predicted octanol–water partition coefficient (Wildman–Crippen LogP) is 5.46. The van der Waals surface area contributed by atoms with E-state index in [0.717, 1.165) is 30.5 Å². The summed E-state index contributed by atoms with van der Waals surface area (Å²) in [6.45, 7) is 16.1. The van der Waals surface area contributed by atoms with E-state index in [1.807, 2.05) is 33.8 Å². The smallest absolute Gasteiger partial charge is 0.410 e. The number of halogens is 2. The van der Waals surface area contributed by atoms with Crippen molar-refractivity contribution in [2.75, 3.05) is 26.2 Å². The maximum atomic E-state index is 13.0. The zero-order valence-electron chi connectivity index (χ0n) is 17.6. The Bertz CT molecular complexity index is 519. The fourth-order valence-electron chi connectivity index (χ4n) is 3.08. The monoisotopic (exact) mass is 386 g/mol. The highest BCUT2D eigenvalue weighted by Crippen LogP contribution is 2.26. The van der Waals surface area contributed by atoms with Crippen LogP contribution >= 0.6 is 0 Å². The standard InChI is InChI=1S/C21H36F2N2O2/c1-7-8-9-16(2)18(15-19(22)23)14-17(3)24-10-12-25(13-11-24)20(26)27-21(4,5)6/h14,16,19H,3,7-13,15H2,1-2,4-6H3/b18-14-. The molecule has 156 valence electrons. The van der Waals surface area contributed by atoms with Crippen molar-refractivity contribution in [1.29, 1.82) is 0 Å². The summed E-state index contributed by atoms with van der Waals surface area (Å²) >= 11 is 0. The first-order valence-corrected chi connectivity index (χ1v) is 9.94. The molecule has 0 aromatic rings. The molecular formula is C21H36F2N2O2. The molecule has 27 heavy (non-hydrogen) atoms. The van der Waals surface area contributed by atoms with E-state index in [2.05, 4.69) is 18.4 Å². The first-order chi connectivity index (χ1) is 12.5. The van der Waals surface area contributed by atoms with Crippen molar-refractivity contribution >= 4 is 6.09 Å². The van der Waals surface area contributed by atoms with Crippen molar-refractivity contribution in [3.8, 4) is 0 Å². The van der Waals surface area contributed by atoms with Gasteiger partial charge >= 0.3 is 6.09 Å². The lowest BCUT2D eigenvalue weighted by molar-refractivity contribution is 0.0171. The molecule has 1 rings (SSSR count). The quantitative estimate of drug-likeness (QED) is 0.519. The summed E-state index contributed by atoms with van der Waals surface area (Å²) in [7, 11) is 0. The van der Waals surface area contributed by atoms with Crippen molar-refractivity contribution in [3.05, 3.63) is 23.9 Å². The molecule has 0 bridgehead atoms. The van der Waals surface area contributed by atoms with Gasteiger partial charge in [0.05, 0.1) is 0 Å². The molecule has 1 unspecified atom stereocenters. The van der Waals surface area contributed by atoms with Crippen LogP contribution in [0.5, 0.6) is 0 Å². The number of piperazine rings is 1. The fourth-order valence-corrected chi connectivity index (χ4v) is 3.08. The average Bonchev–Trinajstić information content (AvgIpc) is 2.57. The Morgan fingerprint density at radius 1 is 1.19 bits per heavy atom. The van der Waals surface area contributed by atoms with Crippen molar-refractivity contribution in [2.24, 2.45) is 5.92 Å². The number of allylic oxidation sites excluding steroid dienone is 2. The molecule has 4 nitrogen and oxygen atoms in total. The zero-order valence-corrected chi connectivity index (χ0v) is 17.6. The minimum absolute atomic E-state index is 0.124. The second-order valence-corrected chi connectivity index (χ2v) is 8.30. The third kappa shape index (κ3) is 8.76. The second kappa shape index (κ2) is 10.7. The van der Waals surface area contributed by atoms with E-state index >= 15 is 0 Å². The van der Waals surface area contributed by atoms with E-state index in [1.54, 1.807) is 4.90 Å². The molecule has 0 aromatic carbocycles. The predicted molar refractivity (Wildman–Crippen MR) is 106 cm³/mol. The highest BCUT2D eigenvalue weighted by Gasteiger charge is 2.26. The van der Waals surface area contributed by atoms with Gasteiger partial charge < -0.3 is 14.5 Å². The van der Waals surface area contributed by atoms with Crippen molar-refractivity contribution < 1.29 is 18.3 Å². The SMILES string of the molecule is C=C(/C=C(/CC(F)F)C(C)CCCC)N1CCN(C(=O)OC(C)(C)C)CC1. The van der Waals surface area contributed by atoms with Crippen LogP contribution in [-0.4, -0.2) is 54.1 Å². The molecule has 6 heteroatoms. The first kappa shape index (κ1) is 23.4. The summed E-state index contributed by atoms with van der Waals surface area (Å²) < 4.78 is 31.4. The van der Waals surface area contributed by atoms with Crippen LogP contribution in [0.15, 0.2) is 23.9 Å². The van der Waals surface area contributed by atoms with Gasteiger partial charge in [-0.3, -0.25) is 0 Å². The first-order valence-electron chi connectivity index (χ1n) is 9.94. The summed E-state index contributed by atoms with van der Waals surface area (Å²) in [6, 6.07) is 0. The van der Waals surface area contributed by atoms with Crippen molar-refractivity contribution in [3.63, 3.8) is 0 Å². The summed E-state index contributed by atoms with van der Waals surface area (Å²) in [6.07, 6.45) is 1.96. The molecule has 1 aliphatic heterocycles. The molecule has 0 aromatic heterocycles. The topological polar surface area (TPSA) is 32.8 Å². The normalized spacial score (nSPS) is 17.3. The lowest BCUT2D eigenvalue weighted by Crippen LogP contribution is -2.49. The Labute approximate surface area is 163 Å². The van der Waals surface area contributed by atoms with Crippen LogP contribution in [0.3, 0.4) is 0 Å². The van der Waals surface area contributed by atoms with E-state index in [1.165, 1.54) is 0 Å². The highest BCUT2D eigenvalue weighted by molar-refractivity contribution is 5.68. The van der Waals surface area contributed by atoms with Gasteiger partial charge in [-0.15, -0.1) is 0 Å². The largest absolute Gasteiger partial charge is 0.444 e. The van der Waals surface area contributed by atoms with E-state index in [-0.39, 0.29) is 18.4 Å². The van der Waals surface area contributed by atoms with Crippen LogP contribution in [0.25, 0.3) is 0 Å². The Morgan fingerprint density at radius 3 is 2.22 bits per heavy atom. The van der Waals surface area contributed by atoms with Crippen LogP contribution in [0.2, 0.25) is 0 Å². The summed E-state index contributed by atoms with van der Waals surface area (Å²) in [5.41, 5.74) is 0.996. The number of rotatable bonds is 8. The van der Waals surface area contributed by atoms with Gasteiger partial charge in [0.25, 0.3) is 0 Å². The van der Waals surface area contributed by atoms with E-state index in [0.29, 0.717) is 26.2 Å². The Balaban J connectivity index is 2.67. The molecule has 0 spiro atoms. The molecule has 1 saturated heterocycles. The number of unbranched alkanes of at least 4 members (excludes halogenated alkanes) is 1. The number of carbonyl (C=O) groups excluding carboxylic acids is 1. The number of ether oxygens (including phenoxy) is 1. The van der Waals surface area contributed by atoms with Crippen LogP contribution in [0, 0.1) is 5.92 Å². The molecule has 1 atom stereocenters. The van der Waals surface area contributed by atoms with Gasteiger partial charge in [0.1, 0.15) is 5.60 Å². The molecular weight excluding hydrogens is 350 g/mol. The Kier molecular flexibility index (Phi) is 9.27. The van der Waals surface area contributed by atoms with Gasteiger partial charge in [-0.25, -0.2) is 13.6 Å². The van der Waals surface area contributed by atoms with Crippen molar-refractivity contribution in [1.82, 2.24) is 9.80 Å². The van der Waals surface area contributed by atoms with Crippen LogP contribution in [0.4, 0.5) is 13.6 Å². The summed E-state index contributed by atoms with van der Waals surface area (Å²) in [5.74, 6) is 0.124. The Hall–Kier alpha value is -1.59. The van der Waals surface area contributed by atoms with Gasteiger partial charge in [0, 0.05) is 38.3 Å². The number of amides is 1. The summed E-state index contributed by atoms with van der Waals surface area (Å²) in [5, 5.41) is 0. The second-order valence-electron chi connectivity index (χ2n) is 8.30. The van der Waals surface area contributed by atoms with Gasteiger partial charge in [-0.1, -0.05) is 38.8 Å². The fraction of sp³-hybridized carbons (Fsp3) is 0.762. The molecule has 0 saturated carbocycles. The molecule has 0 N–H and O–H groups in total. The molecule has 1 aliphatic rings. The van der Waals surface area contributed by atoms with E-state index in [4.69, 9.17) is 4.74 Å². The summed E-state index contributed by atoms with van der Waals surface area (Å²) in [4.78, 5) is 15.9. The minimum atomic E-state index is -2.35. The van der Waals surface area contributed by atoms with Gasteiger partial charge in [0.2, 0.25) is 6.43 Å². The number of hydrogen-bond acceptors (Lipinski definition) is 3. The molecule has 1 amide bonds. The number of nitrogens with zero attached hydrogens (tertiary/aromatic N) is 2. The maximum Gasteiger partial charge on any atom is 0.410 e. The number of carbonyl (C=O) groups is 1. The van der Waals surface area contributed by atoms with E-state index < -0.39 is 12.0 Å². The Morgan fingerprint density at radius 2 is 1.74 bits per heavy atom.